The van der Waals surface area contributed by atoms with Crippen molar-refractivity contribution in [3.05, 3.63) is 30.1 Å². The van der Waals surface area contributed by atoms with Gasteiger partial charge in [0.05, 0.1) is 24.5 Å². The van der Waals surface area contributed by atoms with Crippen LogP contribution in [0.4, 0.5) is 0 Å². The highest BCUT2D eigenvalue weighted by Gasteiger charge is 2.39. The fourth-order valence-electron chi connectivity index (χ4n) is 4.38. The maximum atomic E-state index is 6.36. The number of pyridine rings is 1. The Hall–Kier alpha value is -1.01. The second-order valence-corrected chi connectivity index (χ2v) is 7.61. The summed E-state index contributed by atoms with van der Waals surface area (Å²) in [6.45, 7) is 5.45. The second kappa shape index (κ2) is 8.58. The Kier molecular flexibility index (Phi) is 5.98. The maximum Gasteiger partial charge on any atom is 0.0813 e. The van der Waals surface area contributed by atoms with E-state index in [-0.39, 0.29) is 6.10 Å². The van der Waals surface area contributed by atoms with Gasteiger partial charge in [-0.1, -0.05) is 6.07 Å². The minimum atomic E-state index is 0.274. The van der Waals surface area contributed by atoms with Crippen LogP contribution in [0.1, 0.15) is 37.8 Å². The molecule has 0 spiro atoms. The number of hydrogen-bond donors (Lipinski definition) is 0. The zero-order chi connectivity index (χ0) is 16.9. The van der Waals surface area contributed by atoms with E-state index in [4.69, 9.17) is 14.2 Å². The van der Waals surface area contributed by atoms with Crippen LogP contribution in [-0.4, -0.2) is 61.1 Å². The van der Waals surface area contributed by atoms with Gasteiger partial charge in [0.1, 0.15) is 0 Å². The topological polar surface area (TPSA) is 43.8 Å². The van der Waals surface area contributed by atoms with Crippen LogP contribution in [0.5, 0.6) is 0 Å². The molecular weight excluding hydrogens is 316 g/mol. The van der Waals surface area contributed by atoms with Gasteiger partial charge in [0, 0.05) is 45.1 Å². The average Bonchev–Trinajstić information content (AvgIpc) is 3.06. The van der Waals surface area contributed by atoms with Crippen LogP contribution in [0.2, 0.25) is 0 Å². The molecule has 138 valence electrons. The zero-order valence-corrected chi connectivity index (χ0v) is 15.0. The molecule has 4 heterocycles. The lowest BCUT2D eigenvalue weighted by Gasteiger charge is -2.36. The molecule has 3 saturated heterocycles. The summed E-state index contributed by atoms with van der Waals surface area (Å²) in [6.07, 6.45) is 8.25. The van der Waals surface area contributed by atoms with Crippen molar-refractivity contribution in [1.82, 2.24) is 9.88 Å². The van der Waals surface area contributed by atoms with E-state index < -0.39 is 0 Å². The molecule has 5 nitrogen and oxygen atoms in total. The van der Waals surface area contributed by atoms with Crippen LogP contribution in [0.25, 0.3) is 0 Å². The fourth-order valence-corrected chi connectivity index (χ4v) is 4.38. The molecule has 1 aromatic heterocycles. The quantitative estimate of drug-likeness (QED) is 0.792. The third-order valence-corrected chi connectivity index (χ3v) is 5.84. The van der Waals surface area contributed by atoms with Crippen LogP contribution >= 0.6 is 0 Å². The van der Waals surface area contributed by atoms with Crippen molar-refractivity contribution in [2.45, 2.75) is 56.9 Å². The Morgan fingerprint density at radius 3 is 2.84 bits per heavy atom. The summed E-state index contributed by atoms with van der Waals surface area (Å²) >= 11 is 0. The van der Waals surface area contributed by atoms with Crippen molar-refractivity contribution in [3.63, 3.8) is 0 Å². The van der Waals surface area contributed by atoms with Crippen LogP contribution in [0.3, 0.4) is 0 Å². The van der Waals surface area contributed by atoms with Crippen LogP contribution in [0, 0.1) is 5.92 Å². The molecule has 0 aliphatic carbocycles. The van der Waals surface area contributed by atoms with Gasteiger partial charge < -0.3 is 14.2 Å². The van der Waals surface area contributed by atoms with Gasteiger partial charge in [-0.3, -0.25) is 9.88 Å². The molecule has 0 radical (unpaired) electrons. The van der Waals surface area contributed by atoms with Crippen molar-refractivity contribution < 1.29 is 14.2 Å². The Balaban J connectivity index is 1.20. The van der Waals surface area contributed by atoms with Crippen molar-refractivity contribution >= 4 is 0 Å². The largest absolute Gasteiger partial charge is 0.381 e. The minimum Gasteiger partial charge on any atom is -0.381 e. The Morgan fingerprint density at radius 2 is 2.00 bits per heavy atom. The molecule has 0 unspecified atom stereocenters. The molecule has 1 aromatic rings. The first-order valence-electron chi connectivity index (χ1n) is 9.83. The summed E-state index contributed by atoms with van der Waals surface area (Å²) < 4.78 is 17.7. The molecular formula is C20H30N2O3. The van der Waals surface area contributed by atoms with E-state index in [1.165, 1.54) is 6.42 Å². The summed E-state index contributed by atoms with van der Waals surface area (Å²) in [5, 5.41) is 0. The normalized spacial score (nSPS) is 31.1. The first-order valence-corrected chi connectivity index (χ1v) is 9.83. The van der Waals surface area contributed by atoms with Gasteiger partial charge in [0.15, 0.2) is 0 Å². The van der Waals surface area contributed by atoms with Gasteiger partial charge in [-0.15, -0.1) is 0 Å². The van der Waals surface area contributed by atoms with Crippen molar-refractivity contribution in [2.24, 2.45) is 5.92 Å². The van der Waals surface area contributed by atoms with Gasteiger partial charge in [-0.2, -0.15) is 0 Å². The highest BCUT2D eigenvalue weighted by atomic mass is 16.5. The Morgan fingerprint density at radius 1 is 1.08 bits per heavy atom. The highest BCUT2D eigenvalue weighted by Crippen LogP contribution is 2.32. The average molecular weight is 346 g/mol. The van der Waals surface area contributed by atoms with Gasteiger partial charge in [-0.25, -0.2) is 0 Å². The molecule has 3 fully saturated rings. The lowest BCUT2D eigenvalue weighted by Crippen LogP contribution is -2.43. The number of nitrogens with zero attached hydrogens (tertiary/aromatic N) is 2. The van der Waals surface area contributed by atoms with E-state index in [0.717, 1.165) is 70.9 Å². The summed E-state index contributed by atoms with van der Waals surface area (Å²) in [5.41, 5.74) is 1.16. The van der Waals surface area contributed by atoms with E-state index in [0.29, 0.717) is 18.1 Å². The molecule has 25 heavy (non-hydrogen) atoms. The Labute approximate surface area is 150 Å². The van der Waals surface area contributed by atoms with E-state index in [1.807, 2.05) is 12.3 Å². The maximum absolute atomic E-state index is 6.36. The lowest BCUT2D eigenvalue weighted by molar-refractivity contribution is -0.105. The molecule has 5 heteroatoms. The predicted octanol–water partition coefficient (Wildman–Crippen LogP) is 2.65. The summed E-state index contributed by atoms with van der Waals surface area (Å²) in [7, 11) is 0. The second-order valence-electron chi connectivity index (χ2n) is 7.61. The Bertz CT molecular complexity index is 521. The number of likely N-dealkylation sites (tertiary alicyclic amines) is 1. The van der Waals surface area contributed by atoms with E-state index in [9.17, 15) is 0 Å². The smallest absolute Gasteiger partial charge is 0.0813 e. The first kappa shape index (κ1) is 17.4. The van der Waals surface area contributed by atoms with E-state index >= 15 is 0 Å². The first-order chi connectivity index (χ1) is 12.4. The van der Waals surface area contributed by atoms with Gasteiger partial charge in [0.25, 0.3) is 0 Å². The van der Waals surface area contributed by atoms with Gasteiger partial charge in [-0.05, 0) is 50.2 Å². The van der Waals surface area contributed by atoms with Gasteiger partial charge >= 0.3 is 0 Å². The number of ether oxygens (including phenoxy) is 3. The molecule has 0 amide bonds. The van der Waals surface area contributed by atoms with E-state index in [2.05, 4.69) is 22.0 Å². The number of hydrogen-bond acceptors (Lipinski definition) is 5. The molecule has 3 aliphatic heterocycles. The molecule has 3 atom stereocenters. The summed E-state index contributed by atoms with van der Waals surface area (Å²) in [5.74, 6) is 0.672. The van der Waals surface area contributed by atoms with E-state index in [1.54, 1.807) is 0 Å². The molecule has 0 bridgehead atoms. The van der Waals surface area contributed by atoms with Crippen molar-refractivity contribution in [2.75, 3.05) is 33.0 Å². The minimum absolute atomic E-state index is 0.274. The van der Waals surface area contributed by atoms with Crippen LogP contribution < -0.4 is 0 Å². The van der Waals surface area contributed by atoms with Crippen molar-refractivity contribution in [3.8, 4) is 0 Å². The number of rotatable bonds is 6. The lowest BCUT2D eigenvalue weighted by atomic mass is 9.99. The summed E-state index contributed by atoms with van der Waals surface area (Å²) in [6, 6.07) is 6.71. The predicted molar refractivity (Wildman–Crippen MR) is 95.3 cm³/mol. The highest BCUT2D eigenvalue weighted by molar-refractivity contribution is 5.05. The summed E-state index contributed by atoms with van der Waals surface area (Å²) in [4.78, 5) is 7.02. The molecule has 3 aliphatic rings. The SMILES string of the molecule is c1ccc(CN2CC[C@@H]3O[C@H](COCC4CCOCC4)CC[C@@H]32)nc1. The molecule has 4 rings (SSSR count). The number of aromatic nitrogens is 1. The number of fused-ring (bicyclic) bond motifs is 1. The zero-order valence-electron chi connectivity index (χ0n) is 15.0. The fraction of sp³-hybridized carbons (Fsp3) is 0.750. The standard InChI is InChI=1S/C20H30N2O3/c1-2-9-21-17(3-1)13-22-10-6-20-19(22)5-4-18(25-20)15-24-14-16-7-11-23-12-8-16/h1-3,9,16,18-20H,4-8,10-15H2/t18-,19-,20-/m0/s1. The third kappa shape index (κ3) is 4.59. The van der Waals surface area contributed by atoms with Crippen LogP contribution in [-0.2, 0) is 20.8 Å². The third-order valence-electron chi connectivity index (χ3n) is 5.84. The van der Waals surface area contributed by atoms with Gasteiger partial charge in [0.2, 0.25) is 0 Å². The monoisotopic (exact) mass is 346 g/mol. The molecule has 0 saturated carbocycles. The van der Waals surface area contributed by atoms with Crippen LogP contribution in [0.15, 0.2) is 24.4 Å². The van der Waals surface area contributed by atoms with Crippen molar-refractivity contribution in [1.29, 1.82) is 0 Å². The molecule has 0 aromatic carbocycles. The molecule has 0 N–H and O–H groups in total.